The average molecular weight is 305 g/mol. The lowest BCUT2D eigenvalue weighted by atomic mass is 10.0. The molecule has 1 spiro atoms. The predicted molar refractivity (Wildman–Crippen MR) is 81.8 cm³/mol. The number of likely N-dealkylation sites (tertiary alicyclic amines) is 1. The molecule has 1 amide bonds. The van der Waals surface area contributed by atoms with Crippen LogP contribution in [-0.2, 0) is 20.7 Å². The highest BCUT2D eigenvalue weighted by Gasteiger charge is 2.40. The van der Waals surface area contributed by atoms with Crippen molar-refractivity contribution in [3.05, 3.63) is 29.8 Å². The molecule has 5 heteroatoms. The van der Waals surface area contributed by atoms with Crippen LogP contribution < -0.4 is 4.74 Å². The number of amides is 1. The first-order valence-corrected chi connectivity index (χ1v) is 7.99. The Labute approximate surface area is 131 Å². The van der Waals surface area contributed by atoms with Crippen LogP contribution >= 0.6 is 0 Å². The lowest BCUT2D eigenvalue weighted by Gasteiger charge is -2.37. The van der Waals surface area contributed by atoms with Crippen LogP contribution in [0, 0.1) is 0 Å². The highest BCUT2D eigenvalue weighted by Crippen LogP contribution is 2.31. The Kier molecular flexibility index (Phi) is 4.64. The second kappa shape index (κ2) is 6.67. The molecule has 2 saturated heterocycles. The molecule has 22 heavy (non-hydrogen) atoms. The molecular formula is C17H23NO4. The Morgan fingerprint density at radius 3 is 2.59 bits per heavy atom. The summed E-state index contributed by atoms with van der Waals surface area (Å²) in [6.45, 7) is 4.81. The summed E-state index contributed by atoms with van der Waals surface area (Å²) >= 11 is 0. The van der Waals surface area contributed by atoms with Gasteiger partial charge < -0.3 is 19.1 Å². The van der Waals surface area contributed by atoms with Crippen molar-refractivity contribution in [2.45, 2.75) is 32.0 Å². The van der Waals surface area contributed by atoms with Gasteiger partial charge in [0.25, 0.3) is 5.91 Å². The number of para-hydroxylation sites is 1. The first-order valence-electron chi connectivity index (χ1n) is 7.99. The van der Waals surface area contributed by atoms with Gasteiger partial charge in [-0.25, -0.2) is 0 Å². The maximum Gasteiger partial charge on any atom is 0.260 e. The molecule has 0 saturated carbocycles. The number of piperidine rings is 1. The summed E-state index contributed by atoms with van der Waals surface area (Å²) in [7, 11) is 0. The molecular weight excluding hydrogens is 282 g/mol. The second-order valence-electron chi connectivity index (χ2n) is 5.74. The first kappa shape index (κ1) is 15.3. The van der Waals surface area contributed by atoms with Gasteiger partial charge in [0.15, 0.2) is 12.4 Å². The first-order chi connectivity index (χ1) is 10.7. The van der Waals surface area contributed by atoms with Gasteiger partial charge in [-0.05, 0) is 18.1 Å². The fraction of sp³-hybridized carbons (Fsp3) is 0.588. The van der Waals surface area contributed by atoms with Crippen LogP contribution in [0.5, 0.6) is 5.75 Å². The van der Waals surface area contributed by atoms with Crippen LogP contribution in [0.15, 0.2) is 24.3 Å². The highest BCUT2D eigenvalue weighted by atomic mass is 16.7. The zero-order valence-electron chi connectivity index (χ0n) is 13.0. The van der Waals surface area contributed by atoms with Crippen molar-refractivity contribution in [2.24, 2.45) is 0 Å². The van der Waals surface area contributed by atoms with E-state index in [9.17, 15) is 4.79 Å². The van der Waals surface area contributed by atoms with Crippen LogP contribution in [0.3, 0.4) is 0 Å². The maximum atomic E-state index is 12.3. The van der Waals surface area contributed by atoms with E-state index in [4.69, 9.17) is 14.2 Å². The highest BCUT2D eigenvalue weighted by molar-refractivity contribution is 5.78. The monoisotopic (exact) mass is 305 g/mol. The Hall–Kier alpha value is -1.59. The van der Waals surface area contributed by atoms with E-state index in [2.05, 4.69) is 6.92 Å². The van der Waals surface area contributed by atoms with Crippen LogP contribution in [0.1, 0.15) is 25.3 Å². The summed E-state index contributed by atoms with van der Waals surface area (Å²) in [6, 6.07) is 7.86. The van der Waals surface area contributed by atoms with Crippen molar-refractivity contribution >= 4 is 5.91 Å². The number of carbonyl (C=O) groups is 1. The minimum Gasteiger partial charge on any atom is -0.483 e. The molecule has 2 fully saturated rings. The third-order valence-corrected chi connectivity index (χ3v) is 4.40. The molecule has 120 valence electrons. The topological polar surface area (TPSA) is 48.0 Å². The fourth-order valence-electron chi connectivity index (χ4n) is 3.05. The zero-order chi connectivity index (χ0) is 15.4. The maximum absolute atomic E-state index is 12.3. The number of nitrogens with zero attached hydrogens (tertiary/aromatic N) is 1. The van der Waals surface area contributed by atoms with Gasteiger partial charge in [-0.3, -0.25) is 4.79 Å². The minimum absolute atomic E-state index is 0.0266. The van der Waals surface area contributed by atoms with Gasteiger partial charge in [0.2, 0.25) is 0 Å². The molecule has 0 atom stereocenters. The van der Waals surface area contributed by atoms with E-state index in [0.717, 1.165) is 30.6 Å². The lowest BCUT2D eigenvalue weighted by molar-refractivity contribution is -0.187. The predicted octanol–water partition coefficient (Wildman–Crippen LogP) is 1.99. The Bertz CT molecular complexity index is 515. The standard InChI is InChI=1S/C17H23NO4/c1-2-14-5-3-4-6-15(14)20-13-16(19)18-9-7-17(8-10-18)21-11-12-22-17/h3-6H,2,7-13H2,1H3. The molecule has 2 heterocycles. The Morgan fingerprint density at radius 2 is 1.91 bits per heavy atom. The van der Waals surface area contributed by atoms with E-state index in [0.29, 0.717) is 26.3 Å². The van der Waals surface area contributed by atoms with Gasteiger partial charge in [-0.1, -0.05) is 25.1 Å². The van der Waals surface area contributed by atoms with Crippen LogP contribution in [0.4, 0.5) is 0 Å². The molecule has 0 bridgehead atoms. The third-order valence-electron chi connectivity index (χ3n) is 4.40. The number of carbonyl (C=O) groups excluding carboxylic acids is 1. The van der Waals surface area contributed by atoms with Gasteiger partial charge in [-0.15, -0.1) is 0 Å². The molecule has 0 aromatic heterocycles. The van der Waals surface area contributed by atoms with Crippen LogP contribution in [0.25, 0.3) is 0 Å². The summed E-state index contributed by atoms with van der Waals surface area (Å²) < 4.78 is 17.1. The average Bonchev–Trinajstić information content (AvgIpc) is 3.01. The third kappa shape index (κ3) is 3.25. The normalized spacial score (nSPS) is 20.3. The number of rotatable bonds is 4. The molecule has 0 radical (unpaired) electrons. The molecule has 2 aliphatic heterocycles. The molecule has 5 nitrogen and oxygen atoms in total. The van der Waals surface area contributed by atoms with Crippen LogP contribution in [-0.4, -0.2) is 49.5 Å². The SMILES string of the molecule is CCc1ccccc1OCC(=O)N1CCC2(CC1)OCCO2. The molecule has 0 N–H and O–H groups in total. The molecule has 3 rings (SSSR count). The van der Waals surface area contributed by atoms with Gasteiger partial charge in [-0.2, -0.15) is 0 Å². The summed E-state index contributed by atoms with van der Waals surface area (Å²) in [4.78, 5) is 14.1. The number of benzene rings is 1. The quantitative estimate of drug-likeness (QED) is 0.853. The molecule has 0 aliphatic carbocycles. The summed E-state index contributed by atoms with van der Waals surface area (Å²) in [5.41, 5.74) is 1.13. The van der Waals surface area contributed by atoms with E-state index >= 15 is 0 Å². The summed E-state index contributed by atoms with van der Waals surface area (Å²) in [5.74, 6) is 0.389. The second-order valence-corrected chi connectivity index (χ2v) is 5.74. The van der Waals surface area contributed by atoms with Crippen molar-refractivity contribution in [1.29, 1.82) is 0 Å². The van der Waals surface area contributed by atoms with E-state index in [1.807, 2.05) is 29.2 Å². The Morgan fingerprint density at radius 1 is 1.23 bits per heavy atom. The van der Waals surface area contributed by atoms with Crippen molar-refractivity contribution in [3.8, 4) is 5.75 Å². The number of aryl methyl sites for hydroxylation is 1. The number of hydrogen-bond donors (Lipinski definition) is 0. The van der Waals surface area contributed by atoms with Crippen molar-refractivity contribution in [2.75, 3.05) is 32.9 Å². The summed E-state index contributed by atoms with van der Waals surface area (Å²) in [5, 5.41) is 0. The zero-order valence-corrected chi connectivity index (χ0v) is 13.0. The Balaban J connectivity index is 1.50. The largest absolute Gasteiger partial charge is 0.483 e. The van der Waals surface area contributed by atoms with E-state index in [-0.39, 0.29) is 12.5 Å². The van der Waals surface area contributed by atoms with E-state index < -0.39 is 5.79 Å². The lowest BCUT2D eigenvalue weighted by Crippen LogP contribution is -2.48. The molecule has 1 aromatic carbocycles. The molecule has 2 aliphatic rings. The van der Waals surface area contributed by atoms with E-state index in [1.165, 1.54) is 0 Å². The molecule has 0 unspecified atom stereocenters. The van der Waals surface area contributed by atoms with E-state index in [1.54, 1.807) is 0 Å². The smallest absolute Gasteiger partial charge is 0.260 e. The van der Waals surface area contributed by atoms with Crippen molar-refractivity contribution in [1.82, 2.24) is 4.90 Å². The number of hydrogen-bond acceptors (Lipinski definition) is 4. The van der Waals surface area contributed by atoms with Gasteiger partial charge in [0, 0.05) is 25.9 Å². The van der Waals surface area contributed by atoms with Gasteiger partial charge >= 0.3 is 0 Å². The van der Waals surface area contributed by atoms with Gasteiger partial charge in [0.1, 0.15) is 5.75 Å². The number of ether oxygens (including phenoxy) is 3. The fourth-order valence-corrected chi connectivity index (χ4v) is 3.05. The van der Waals surface area contributed by atoms with Crippen molar-refractivity contribution in [3.63, 3.8) is 0 Å². The van der Waals surface area contributed by atoms with Gasteiger partial charge in [0.05, 0.1) is 13.2 Å². The van der Waals surface area contributed by atoms with Crippen LogP contribution in [0.2, 0.25) is 0 Å². The summed E-state index contributed by atoms with van der Waals surface area (Å²) in [6.07, 6.45) is 2.37. The van der Waals surface area contributed by atoms with Crippen molar-refractivity contribution < 1.29 is 19.0 Å². The minimum atomic E-state index is -0.438. The molecule has 1 aromatic rings.